The molecule has 2 rings (SSSR count). The van der Waals surface area contributed by atoms with Crippen molar-refractivity contribution < 1.29 is 13.2 Å². The van der Waals surface area contributed by atoms with Crippen LogP contribution in [-0.2, 0) is 14.8 Å². The van der Waals surface area contributed by atoms with Gasteiger partial charge in [0.2, 0.25) is 10.0 Å². The standard InChI is InChI=1S/C16H25ClN2O3S/c1-12(2)10-19-6-7-22-14(11-19)9-18-23(20,21)16-5-4-13(3)8-15(16)17/h4-5,8,12,14,18H,6-7,9-11H2,1-3H3. The number of halogens is 1. The SMILES string of the molecule is Cc1ccc(S(=O)(=O)NCC2CN(CC(C)C)CCO2)c(Cl)c1. The van der Waals surface area contributed by atoms with E-state index in [1.807, 2.05) is 6.92 Å². The Balaban J connectivity index is 1.96. The highest BCUT2D eigenvalue weighted by molar-refractivity contribution is 7.89. The summed E-state index contributed by atoms with van der Waals surface area (Å²) in [6.45, 7) is 9.73. The molecule has 1 atom stereocenters. The molecular formula is C16H25ClN2O3S. The third-order valence-corrected chi connectivity index (χ3v) is 5.63. The average Bonchev–Trinajstić information content (AvgIpc) is 2.44. The van der Waals surface area contributed by atoms with Crippen LogP contribution in [0.25, 0.3) is 0 Å². The minimum Gasteiger partial charge on any atom is -0.374 e. The first kappa shape index (κ1) is 18.7. The Kier molecular flexibility index (Phi) is 6.45. The average molecular weight is 361 g/mol. The van der Waals surface area contributed by atoms with Crippen molar-refractivity contribution in [1.82, 2.24) is 9.62 Å². The largest absolute Gasteiger partial charge is 0.374 e. The Morgan fingerprint density at radius 1 is 1.43 bits per heavy atom. The first-order valence-corrected chi connectivity index (χ1v) is 9.74. The van der Waals surface area contributed by atoms with Crippen LogP contribution >= 0.6 is 11.6 Å². The highest BCUT2D eigenvalue weighted by Gasteiger charge is 2.24. The second kappa shape index (κ2) is 7.94. The highest BCUT2D eigenvalue weighted by atomic mass is 35.5. The molecule has 0 aromatic heterocycles. The molecule has 0 radical (unpaired) electrons. The maximum Gasteiger partial charge on any atom is 0.242 e. The van der Waals surface area contributed by atoms with Crippen LogP contribution in [0.3, 0.4) is 0 Å². The van der Waals surface area contributed by atoms with Gasteiger partial charge in [-0.15, -0.1) is 0 Å². The van der Waals surface area contributed by atoms with Crippen molar-refractivity contribution in [3.05, 3.63) is 28.8 Å². The number of nitrogens with zero attached hydrogens (tertiary/aromatic N) is 1. The Bertz CT molecular complexity index is 634. The van der Waals surface area contributed by atoms with E-state index >= 15 is 0 Å². The molecule has 130 valence electrons. The lowest BCUT2D eigenvalue weighted by atomic mass is 10.2. The first-order valence-electron chi connectivity index (χ1n) is 7.87. The summed E-state index contributed by atoms with van der Waals surface area (Å²) in [5.74, 6) is 0.580. The number of hydrogen-bond donors (Lipinski definition) is 1. The van der Waals surface area contributed by atoms with E-state index in [-0.39, 0.29) is 22.6 Å². The normalized spacial score (nSPS) is 20.1. The fourth-order valence-electron chi connectivity index (χ4n) is 2.69. The molecule has 1 aliphatic rings. The number of hydrogen-bond acceptors (Lipinski definition) is 4. The lowest BCUT2D eigenvalue weighted by molar-refractivity contribution is -0.0280. The molecule has 5 nitrogen and oxygen atoms in total. The molecule has 7 heteroatoms. The maximum atomic E-state index is 12.4. The Labute approximate surface area is 144 Å². The van der Waals surface area contributed by atoms with Gasteiger partial charge in [-0.05, 0) is 30.5 Å². The zero-order valence-corrected chi connectivity index (χ0v) is 15.5. The summed E-state index contributed by atoms with van der Waals surface area (Å²) in [6, 6.07) is 4.92. The van der Waals surface area contributed by atoms with Gasteiger partial charge in [0.15, 0.2) is 0 Å². The first-order chi connectivity index (χ1) is 10.8. The van der Waals surface area contributed by atoms with Crippen LogP contribution in [0, 0.1) is 12.8 Å². The van der Waals surface area contributed by atoms with E-state index in [2.05, 4.69) is 23.5 Å². The third-order valence-electron chi connectivity index (χ3n) is 3.72. The zero-order chi connectivity index (χ0) is 17.0. The van der Waals surface area contributed by atoms with Gasteiger partial charge in [-0.3, -0.25) is 4.90 Å². The van der Waals surface area contributed by atoms with Crippen molar-refractivity contribution in [2.45, 2.75) is 31.8 Å². The molecule has 0 spiro atoms. The van der Waals surface area contributed by atoms with Crippen LogP contribution in [0.1, 0.15) is 19.4 Å². The summed E-state index contributed by atoms with van der Waals surface area (Å²) in [7, 11) is -3.63. The van der Waals surface area contributed by atoms with Crippen molar-refractivity contribution in [2.24, 2.45) is 5.92 Å². The van der Waals surface area contributed by atoms with Gasteiger partial charge in [0, 0.05) is 26.2 Å². The second-order valence-corrected chi connectivity index (χ2v) is 8.57. The minimum atomic E-state index is -3.63. The van der Waals surface area contributed by atoms with Crippen LogP contribution in [0.2, 0.25) is 5.02 Å². The predicted molar refractivity (Wildman–Crippen MR) is 92.4 cm³/mol. The maximum absolute atomic E-state index is 12.4. The van der Waals surface area contributed by atoms with Gasteiger partial charge < -0.3 is 4.74 Å². The highest BCUT2D eigenvalue weighted by Crippen LogP contribution is 2.22. The number of aryl methyl sites for hydroxylation is 1. The summed E-state index contributed by atoms with van der Waals surface area (Å²) in [6.07, 6.45) is -0.138. The van der Waals surface area contributed by atoms with Crippen molar-refractivity contribution in [3.8, 4) is 0 Å². The van der Waals surface area contributed by atoms with E-state index in [0.29, 0.717) is 12.5 Å². The van der Waals surface area contributed by atoms with E-state index < -0.39 is 10.0 Å². The summed E-state index contributed by atoms with van der Waals surface area (Å²) < 4.78 is 33.1. The lowest BCUT2D eigenvalue weighted by Crippen LogP contribution is -2.48. The minimum absolute atomic E-state index is 0.111. The summed E-state index contributed by atoms with van der Waals surface area (Å²) in [5, 5.41) is 0.239. The molecule has 1 aromatic rings. The Morgan fingerprint density at radius 2 is 2.17 bits per heavy atom. The van der Waals surface area contributed by atoms with Crippen molar-refractivity contribution in [1.29, 1.82) is 0 Å². The number of rotatable bonds is 6. The summed E-state index contributed by atoms with van der Waals surface area (Å²) in [4.78, 5) is 2.42. The van der Waals surface area contributed by atoms with Crippen molar-refractivity contribution >= 4 is 21.6 Å². The molecule has 0 bridgehead atoms. The van der Waals surface area contributed by atoms with Crippen LogP contribution in [0.5, 0.6) is 0 Å². The molecule has 0 aliphatic carbocycles. The molecule has 1 aliphatic heterocycles. The van der Waals surface area contributed by atoms with Crippen LogP contribution < -0.4 is 4.72 Å². The molecule has 0 saturated carbocycles. The fraction of sp³-hybridized carbons (Fsp3) is 0.625. The number of nitrogens with one attached hydrogen (secondary N) is 1. The molecule has 1 N–H and O–H groups in total. The van der Waals surface area contributed by atoms with E-state index in [4.69, 9.17) is 16.3 Å². The summed E-state index contributed by atoms with van der Waals surface area (Å²) >= 11 is 6.06. The molecule has 1 heterocycles. The van der Waals surface area contributed by atoms with Gasteiger partial charge in [-0.25, -0.2) is 13.1 Å². The van der Waals surface area contributed by atoms with E-state index in [1.54, 1.807) is 12.1 Å². The van der Waals surface area contributed by atoms with Gasteiger partial charge in [0.25, 0.3) is 0 Å². The summed E-state index contributed by atoms with van der Waals surface area (Å²) in [5.41, 5.74) is 0.925. The van der Waals surface area contributed by atoms with E-state index in [1.165, 1.54) is 6.07 Å². The van der Waals surface area contributed by atoms with Crippen molar-refractivity contribution in [2.75, 3.05) is 32.8 Å². The van der Waals surface area contributed by atoms with Gasteiger partial charge in [-0.1, -0.05) is 31.5 Å². The number of sulfonamides is 1. The van der Waals surface area contributed by atoms with Crippen LogP contribution in [0.15, 0.2) is 23.1 Å². The number of ether oxygens (including phenoxy) is 1. The Hall–Kier alpha value is -0.660. The van der Waals surface area contributed by atoms with E-state index in [9.17, 15) is 8.42 Å². The molecule has 0 amide bonds. The predicted octanol–water partition coefficient (Wildman–Crippen LogP) is 2.28. The van der Waals surface area contributed by atoms with Gasteiger partial charge in [0.1, 0.15) is 4.90 Å². The monoisotopic (exact) mass is 360 g/mol. The van der Waals surface area contributed by atoms with Crippen LogP contribution in [-0.4, -0.2) is 52.2 Å². The van der Waals surface area contributed by atoms with Gasteiger partial charge in [0.05, 0.1) is 17.7 Å². The van der Waals surface area contributed by atoms with Crippen molar-refractivity contribution in [3.63, 3.8) is 0 Å². The zero-order valence-electron chi connectivity index (χ0n) is 13.9. The topological polar surface area (TPSA) is 58.6 Å². The fourth-order valence-corrected chi connectivity index (χ4v) is 4.35. The molecule has 1 fully saturated rings. The molecule has 23 heavy (non-hydrogen) atoms. The van der Waals surface area contributed by atoms with E-state index in [0.717, 1.165) is 25.2 Å². The molecule has 1 aromatic carbocycles. The Morgan fingerprint density at radius 3 is 2.83 bits per heavy atom. The second-order valence-electron chi connectivity index (χ2n) is 6.43. The lowest BCUT2D eigenvalue weighted by Gasteiger charge is -2.33. The van der Waals surface area contributed by atoms with Gasteiger partial charge >= 0.3 is 0 Å². The molecular weight excluding hydrogens is 336 g/mol. The smallest absolute Gasteiger partial charge is 0.242 e. The number of benzene rings is 1. The molecule has 1 saturated heterocycles. The van der Waals surface area contributed by atoms with Gasteiger partial charge in [-0.2, -0.15) is 0 Å². The molecule has 1 unspecified atom stereocenters. The third kappa shape index (κ3) is 5.43. The quantitative estimate of drug-likeness (QED) is 0.845. The number of morpholine rings is 1. The van der Waals surface area contributed by atoms with Crippen LogP contribution in [0.4, 0.5) is 0 Å².